The monoisotopic (exact) mass is 450 g/mol. The van der Waals surface area contributed by atoms with Gasteiger partial charge in [-0.3, -0.25) is 9.98 Å². The molecule has 0 fully saturated rings. The van der Waals surface area contributed by atoms with Crippen molar-refractivity contribution in [3.63, 3.8) is 0 Å². The van der Waals surface area contributed by atoms with E-state index in [0.717, 1.165) is 35.1 Å². The van der Waals surface area contributed by atoms with E-state index in [2.05, 4.69) is 77.5 Å². The molecule has 0 aliphatic carbocycles. The van der Waals surface area contributed by atoms with Crippen molar-refractivity contribution in [2.75, 3.05) is 6.67 Å². The van der Waals surface area contributed by atoms with Gasteiger partial charge in [-0.25, -0.2) is 0 Å². The van der Waals surface area contributed by atoms with E-state index in [9.17, 15) is 10.2 Å². The highest BCUT2D eigenvalue weighted by Gasteiger charge is 2.15. The summed E-state index contributed by atoms with van der Waals surface area (Å²) in [5, 5.41) is 21.5. The topological polar surface area (TPSA) is 65.2 Å². The highest BCUT2D eigenvalue weighted by molar-refractivity contribution is 5.86. The highest BCUT2D eigenvalue weighted by atomic mass is 16.3. The summed E-state index contributed by atoms with van der Waals surface area (Å²) in [6.07, 6.45) is 5.50. The zero-order valence-corrected chi connectivity index (χ0v) is 21.7. The Morgan fingerprint density at radius 3 is 1.33 bits per heavy atom. The summed E-state index contributed by atoms with van der Waals surface area (Å²) in [5.41, 5.74) is 5.80. The number of phenolic OH excluding ortho intramolecular Hbond substituents is 2. The summed E-state index contributed by atoms with van der Waals surface area (Å²) in [5.74, 6) is 1.90. The standard InChI is InChI=1S/C29H42N2O2/c1-9-20(7)22-11-24(28(32)26(13-22)18(3)4)15-30-17-31-16-25-12-23(21(8)10-2)14-27(19(5)6)29(25)33/h11-16,18-21,32-33H,9-10,17H2,1-8H3. The molecule has 0 aliphatic heterocycles. The summed E-state index contributed by atoms with van der Waals surface area (Å²) in [7, 11) is 0. The molecule has 0 saturated carbocycles. The van der Waals surface area contributed by atoms with Crippen LogP contribution in [-0.2, 0) is 0 Å². The maximum absolute atomic E-state index is 10.7. The highest BCUT2D eigenvalue weighted by Crippen LogP contribution is 2.34. The minimum Gasteiger partial charge on any atom is -0.507 e. The number of benzene rings is 2. The third-order valence-electron chi connectivity index (χ3n) is 6.61. The molecule has 2 rings (SSSR count). The van der Waals surface area contributed by atoms with E-state index in [1.54, 1.807) is 12.4 Å². The summed E-state index contributed by atoms with van der Waals surface area (Å²) in [6, 6.07) is 8.28. The second-order valence-electron chi connectivity index (χ2n) is 9.79. The number of aromatic hydroxyl groups is 2. The van der Waals surface area contributed by atoms with Gasteiger partial charge >= 0.3 is 0 Å². The Balaban J connectivity index is 2.28. The largest absolute Gasteiger partial charge is 0.507 e. The van der Waals surface area contributed by atoms with Crippen LogP contribution in [0.15, 0.2) is 34.3 Å². The van der Waals surface area contributed by atoms with Crippen molar-refractivity contribution in [1.29, 1.82) is 0 Å². The maximum Gasteiger partial charge on any atom is 0.129 e. The van der Waals surface area contributed by atoms with E-state index in [0.29, 0.717) is 23.3 Å². The third kappa shape index (κ3) is 6.69. The SMILES string of the molecule is CCC(C)c1cc(C=NCN=Cc2cc(C(C)CC)cc(C(C)C)c2O)c(O)c(C(C)C)c1. The van der Waals surface area contributed by atoms with Gasteiger partial charge in [-0.1, -0.05) is 67.5 Å². The minimum absolute atomic E-state index is 0.230. The van der Waals surface area contributed by atoms with Gasteiger partial charge in [-0.05, 0) is 70.9 Å². The average molecular weight is 451 g/mol. The number of hydrogen-bond acceptors (Lipinski definition) is 4. The molecule has 0 saturated heterocycles. The van der Waals surface area contributed by atoms with Crippen LogP contribution in [0, 0.1) is 0 Å². The Morgan fingerprint density at radius 2 is 1.03 bits per heavy atom. The van der Waals surface area contributed by atoms with Crippen molar-refractivity contribution in [1.82, 2.24) is 0 Å². The second-order valence-corrected chi connectivity index (χ2v) is 9.79. The molecule has 2 aromatic rings. The summed E-state index contributed by atoms with van der Waals surface area (Å²) in [4.78, 5) is 8.88. The molecular weight excluding hydrogens is 408 g/mol. The molecule has 0 aromatic heterocycles. The Labute approximate surface area is 200 Å². The molecule has 2 unspecified atom stereocenters. The van der Waals surface area contributed by atoms with Gasteiger partial charge in [0.15, 0.2) is 0 Å². The molecule has 180 valence electrons. The predicted molar refractivity (Wildman–Crippen MR) is 142 cm³/mol. The van der Waals surface area contributed by atoms with Crippen LogP contribution in [0.4, 0.5) is 0 Å². The van der Waals surface area contributed by atoms with E-state index in [4.69, 9.17) is 0 Å². The molecule has 0 aliphatic rings. The van der Waals surface area contributed by atoms with Crippen molar-refractivity contribution in [3.8, 4) is 11.5 Å². The average Bonchev–Trinajstić information content (AvgIpc) is 2.79. The summed E-state index contributed by atoms with van der Waals surface area (Å²) < 4.78 is 0. The number of phenols is 2. The van der Waals surface area contributed by atoms with Crippen LogP contribution in [0.1, 0.15) is 125 Å². The molecule has 2 aromatic carbocycles. The van der Waals surface area contributed by atoms with Crippen LogP contribution in [0.2, 0.25) is 0 Å². The van der Waals surface area contributed by atoms with Crippen LogP contribution < -0.4 is 0 Å². The predicted octanol–water partition coefficient (Wildman–Crippen LogP) is 7.87. The van der Waals surface area contributed by atoms with E-state index >= 15 is 0 Å². The molecule has 0 radical (unpaired) electrons. The van der Waals surface area contributed by atoms with E-state index in [-0.39, 0.29) is 18.5 Å². The van der Waals surface area contributed by atoms with Gasteiger partial charge in [0.1, 0.15) is 18.2 Å². The van der Waals surface area contributed by atoms with Gasteiger partial charge in [-0.2, -0.15) is 0 Å². The molecule has 2 N–H and O–H groups in total. The fraction of sp³-hybridized carbons (Fsp3) is 0.517. The van der Waals surface area contributed by atoms with E-state index in [1.807, 2.05) is 12.1 Å². The maximum atomic E-state index is 10.7. The molecule has 4 heteroatoms. The first-order chi connectivity index (χ1) is 15.6. The van der Waals surface area contributed by atoms with Crippen LogP contribution in [0.3, 0.4) is 0 Å². The zero-order chi connectivity index (χ0) is 24.7. The molecular formula is C29H42N2O2. The second kappa shape index (κ2) is 12.0. The van der Waals surface area contributed by atoms with Gasteiger partial charge in [0.25, 0.3) is 0 Å². The lowest BCUT2D eigenvalue weighted by atomic mass is 9.90. The number of hydrogen-bond donors (Lipinski definition) is 2. The van der Waals surface area contributed by atoms with Gasteiger partial charge < -0.3 is 10.2 Å². The lowest BCUT2D eigenvalue weighted by Crippen LogP contribution is -2.00. The molecule has 0 spiro atoms. The van der Waals surface area contributed by atoms with E-state index in [1.165, 1.54) is 11.1 Å². The van der Waals surface area contributed by atoms with E-state index < -0.39 is 0 Å². The van der Waals surface area contributed by atoms with Crippen molar-refractivity contribution in [2.45, 2.75) is 91.9 Å². The molecule has 33 heavy (non-hydrogen) atoms. The number of aliphatic imine (C=N–C) groups is 2. The fourth-order valence-electron chi connectivity index (χ4n) is 3.85. The molecule has 0 bridgehead atoms. The lowest BCUT2D eigenvalue weighted by molar-refractivity contribution is 0.463. The van der Waals surface area contributed by atoms with Crippen LogP contribution in [0.25, 0.3) is 0 Å². The van der Waals surface area contributed by atoms with Crippen molar-refractivity contribution in [3.05, 3.63) is 57.6 Å². The number of rotatable bonds is 10. The first-order valence-electron chi connectivity index (χ1n) is 12.3. The Hall–Kier alpha value is -2.62. The first-order valence-corrected chi connectivity index (χ1v) is 12.3. The fourth-order valence-corrected chi connectivity index (χ4v) is 3.85. The third-order valence-corrected chi connectivity index (χ3v) is 6.61. The quantitative estimate of drug-likeness (QED) is 0.362. The first kappa shape index (κ1) is 26.6. The smallest absolute Gasteiger partial charge is 0.129 e. The summed E-state index contributed by atoms with van der Waals surface area (Å²) >= 11 is 0. The zero-order valence-electron chi connectivity index (χ0n) is 21.7. The van der Waals surface area contributed by atoms with Gasteiger partial charge in [0.2, 0.25) is 0 Å². The van der Waals surface area contributed by atoms with Crippen molar-refractivity contribution < 1.29 is 10.2 Å². The van der Waals surface area contributed by atoms with Crippen LogP contribution in [-0.4, -0.2) is 29.3 Å². The summed E-state index contributed by atoms with van der Waals surface area (Å²) in [6.45, 7) is 17.3. The van der Waals surface area contributed by atoms with Crippen molar-refractivity contribution >= 4 is 12.4 Å². The Kier molecular flexibility index (Phi) is 9.70. The van der Waals surface area contributed by atoms with Gasteiger partial charge in [0.05, 0.1) is 0 Å². The Bertz CT molecular complexity index is 910. The molecule has 2 atom stereocenters. The molecule has 0 heterocycles. The van der Waals surface area contributed by atoms with Crippen LogP contribution >= 0.6 is 0 Å². The molecule has 4 nitrogen and oxygen atoms in total. The van der Waals surface area contributed by atoms with Gasteiger partial charge in [0, 0.05) is 23.6 Å². The Morgan fingerprint density at radius 1 is 0.667 bits per heavy atom. The normalized spacial score (nSPS) is 14.1. The van der Waals surface area contributed by atoms with Crippen LogP contribution in [0.5, 0.6) is 11.5 Å². The molecule has 0 amide bonds. The minimum atomic E-state index is 0.230. The van der Waals surface area contributed by atoms with Crippen molar-refractivity contribution in [2.24, 2.45) is 9.98 Å². The number of nitrogens with zero attached hydrogens (tertiary/aromatic N) is 2. The lowest BCUT2D eigenvalue weighted by Gasteiger charge is -2.17. The van der Waals surface area contributed by atoms with Gasteiger partial charge in [-0.15, -0.1) is 0 Å².